The Kier molecular flexibility index (Phi) is 6.28. The van der Waals surface area contributed by atoms with Gasteiger partial charge in [-0.2, -0.15) is 5.26 Å². The Balaban J connectivity index is 1.99. The van der Waals surface area contributed by atoms with E-state index in [4.69, 9.17) is 0 Å². The van der Waals surface area contributed by atoms with Gasteiger partial charge in [-0.25, -0.2) is 14.8 Å². The number of rotatable bonds is 4. The third-order valence-corrected chi connectivity index (χ3v) is 6.55. The molecule has 9 nitrogen and oxygen atoms in total. The number of nitrogens with one attached hydrogen (secondary N) is 1. The molecule has 0 radical (unpaired) electrons. The van der Waals surface area contributed by atoms with Crippen LogP contribution in [0.5, 0.6) is 0 Å². The highest BCUT2D eigenvalue weighted by molar-refractivity contribution is 8.00. The molecule has 2 aromatic rings. The molecular weight excluding hydrogens is 416 g/mol. The molecule has 0 bridgehead atoms. The monoisotopic (exact) mass is 444 g/mol. The predicted molar refractivity (Wildman–Crippen MR) is 119 cm³/mol. The lowest BCUT2D eigenvalue weighted by atomic mass is 9.83. The van der Waals surface area contributed by atoms with Crippen LogP contribution in [-0.4, -0.2) is 36.3 Å². The van der Waals surface area contributed by atoms with E-state index in [1.165, 1.54) is 11.6 Å². The summed E-state index contributed by atoms with van der Waals surface area (Å²) in [6.07, 6.45) is 4.19. The first kappa shape index (κ1) is 23.0. The Labute approximate surface area is 184 Å². The van der Waals surface area contributed by atoms with Crippen molar-refractivity contribution in [1.82, 2.24) is 24.4 Å². The van der Waals surface area contributed by atoms with Crippen molar-refractivity contribution in [2.75, 3.05) is 5.75 Å². The molecule has 1 N–H and O–H groups in total. The smallest absolute Gasteiger partial charge is 0.332 e. The average molecular weight is 445 g/mol. The molecular formula is C21H28N6O3S. The summed E-state index contributed by atoms with van der Waals surface area (Å²) < 4.78 is 2.34. The number of nitrogens with zero attached hydrogens (tertiary/aromatic N) is 5. The second-order valence-corrected chi connectivity index (χ2v) is 10.1. The van der Waals surface area contributed by atoms with Gasteiger partial charge in [0, 0.05) is 19.5 Å². The maximum absolute atomic E-state index is 12.9. The van der Waals surface area contributed by atoms with Crippen molar-refractivity contribution in [3.05, 3.63) is 26.7 Å². The molecule has 1 aliphatic carbocycles. The zero-order valence-corrected chi connectivity index (χ0v) is 19.4. The number of aromatic nitrogens is 4. The van der Waals surface area contributed by atoms with Gasteiger partial charge in [0.25, 0.3) is 5.56 Å². The predicted octanol–water partition coefficient (Wildman–Crippen LogP) is 1.76. The van der Waals surface area contributed by atoms with Gasteiger partial charge in [0.15, 0.2) is 5.65 Å². The number of fused-ring (bicyclic) bond motifs is 1. The number of nitriles is 1. The quantitative estimate of drug-likeness (QED) is 0.563. The number of carbonyl (C=O) groups excluding carboxylic acids is 1. The van der Waals surface area contributed by atoms with E-state index in [9.17, 15) is 19.6 Å². The van der Waals surface area contributed by atoms with E-state index in [0.717, 1.165) is 35.6 Å². The molecule has 1 aliphatic rings. The van der Waals surface area contributed by atoms with Crippen molar-refractivity contribution in [2.24, 2.45) is 14.1 Å². The van der Waals surface area contributed by atoms with E-state index >= 15 is 0 Å². The minimum atomic E-state index is -0.819. The molecule has 2 heterocycles. The lowest BCUT2D eigenvalue weighted by molar-refractivity contribution is -0.120. The van der Waals surface area contributed by atoms with Crippen LogP contribution in [-0.2, 0) is 24.3 Å². The van der Waals surface area contributed by atoms with E-state index in [-0.39, 0.29) is 22.7 Å². The number of carbonyl (C=O) groups is 1. The van der Waals surface area contributed by atoms with Crippen molar-refractivity contribution in [1.29, 1.82) is 5.26 Å². The standard InChI is InChI=1S/C21H28N6O3S/c1-20(2,3)18-23-15-14(17(29)27(5)19(30)26(15)4)16(24-18)31-11-13(28)25-21(12-22)9-7-6-8-10-21/h6-11H2,1-5H3,(H,25,28). The number of aryl methyl sites for hydroxylation is 1. The second-order valence-electron chi connectivity index (χ2n) is 9.10. The van der Waals surface area contributed by atoms with Crippen LogP contribution in [0.25, 0.3) is 11.0 Å². The third kappa shape index (κ3) is 4.51. The van der Waals surface area contributed by atoms with Gasteiger partial charge in [-0.3, -0.25) is 18.7 Å². The lowest BCUT2D eigenvalue weighted by Crippen LogP contribution is -2.49. The highest BCUT2D eigenvalue weighted by atomic mass is 32.2. The molecule has 0 unspecified atom stereocenters. The fraction of sp³-hybridized carbons (Fsp3) is 0.619. The Morgan fingerprint density at radius 3 is 2.39 bits per heavy atom. The molecule has 0 aliphatic heterocycles. The van der Waals surface area contributed by atoms with E-state index < -0.39 is 22.2 Å². The van der Waals surface area contributed by atoms with Crippen molar-refractivity contribution >= 4 is 28.7 Å². The third-order valence-electron chi connectivity index (χ3n) is 5.58. The van der Waals surface area contributed by atoms with Gasteiger partial charge in [0.05, 0.1) is 11.8 Å². The Morgan fingerprint density at radius 1 is 1.16 bits per heavy atom. The molecule has 166 valence electrons. The largest absolute Gasteiger partial charge is 0.337 e. The summed E-state index contributed by atoms with van der Waals surface area (Å²) in [5.74, 6) is 0.205. The first-order chi connectivity index (χ1) is 14.5. The van der Waals surface area contributed by atoms with Gasteiger partial charge in [-0.1, -0.05) is 51.8 Å². The summed E-state index contributed by atoms with van der Waals surface area (Å²) in [5, 5.41) is 13.1. The van der Waals surface area contributed by atoms with E-state index in [0.29, 0.717) is 23.7 Å². The molecule has 0 saturated heterocycles. The number of hydrogen-bond acceptors (Lipinski definition) is 7. The van der Waals surface area contributed by atoms with Crippen molar-refractivity contribution in [3.63, 3.8) is 0 Å². The van der Waals surface area contributed by atoms with Crippen LogP contribution in [0.2, 0.25) is 0 Å². The highest BCUT2D eigenvalue weighted by Crippen LogP contribution is 2.29. The molecule has 10 heteroatoms. The summed E-state index contributed by atoms with van der Waals surface area (Å²) >= 11 is 1.12. The van der Waals surface area contributed by atoms with Crippen LogP contribution < -0.4 is 16.6 Å². The first-order valence-electron chi connectivity index (χ1n) is 10.3. The normalized spacial score (nSPS) is 16.1. The topological polar surface area (TPSA) is 123 Å². The van der Waals surface area contributed by atoms with Gasteiger partial charge in [0.2, 0.25) is 5.91 Å². The maximum Gasteiger partial charge on any atom is 0.332 e. The summed E-state index contributed by atoms with van der Waals surface area (Å²) in [6.45, 7) is 5.82. The summed E-state index contributed by atoms with van der Waals surface area (Å²) in [6, 6.07) is 2.28. The maximum atomic E-state index is 12.9. The molecule has 1 amide bonds. The van der Waals surface area contributed by atoms with Crippen molar-refractivity contribution in [2.45, 2.75) is 68.9 Å². The lowest BCUT2D eigenvalue weighted by Gasteiger charge is -2.31. The van der Waals surface area contributed by atoms with Crippen LogP contribution in [0, 0.1) is 11.3 Å². The van der Waals surface area contributed by atoms with Gasteiger partial charge < -0.3 is 5.32 Å². The average Bonchev–Trinajstić information content (AvgIpc) is 2.74. The number of thioether (sulfide) groups is 1. The zero-order chi connectivity index (χ0) is 23.0. The van der Waals surface area contributed by atoms with Crippen LogP contribution in [0.15, 0.2) is 14.6 Å². The number of amides is 1. The van der Waals surface area contributed by atoms with E-state index in [2.05, 4.69) is 21.4 Å². The molecule has 1 fully saturated rings. The van der Waals surface area contributed by atoms with E-state index in [1.807, 2.05) is 20.8 Å². The molecule has 0 aromatic carbocycles. The van der Waals surface area contributed by atoms with Crippen LogP contribution in [0.1, 0.15) is 58.7 Å². The molecule has 0 spiro atoms. The molecule has 31 heavy (non-hydrogen) atoms. The Morgan fingerprint density at radius 2 is 1.81 bits per heavy atom. The molecule has 3 rings (SSSR count). The summed E-state index contributed by atoms with van der Waals surface area (Å²) in [5.41, 5.74) is -1.97. The molecule has 0 atom stereocenters. The minimum absolute atomic E-state index is 0.00508. The van der Waals surface area contributed by atoms with Gasteiger partial charge in [-0.15, -0.1) is 0 Å². The Bertz CT molecular complexity index is 1180. The van der Waals surface area contributed by atoms with Crippen LogP contribution in [0.4, 0.5) is 0 Å². The van der Waals surface area contributed by atoms with Crippen LogP contribution >= 0.6 is 11.8 Å². The highest BCUT2D eigenvalue weighted by Gasteiger charge is 2.33. The SMILES string of the molecule is Cn1c(=O)c2c(SCC(=O)NC3(C#N)CCCCC3)nc(C(C)(C)C)nc2n(C)c1=O. The van der Waals surface area contributed by atoms with Gasteiger partial charge >= 0.3 is 5.69 Å². The fourth-order valence-electron chi connectivity index (χ4n) is 3.73. The first-order valence-corrected chi connectivity index (χ1v) is 11.3. The van der Waals surface area contributed by atoms with Gasteiger partial charge in [0.1, 0.15) is 21.8 Å². The molecule has 1 saturated carbocycles. The number of hydrogen-bond donors (Lipinski definition) is 1. The zero-order valence-electron chi connectivity index (χ0n) is 18.6. The second kappa shape index (κ2) is 8.46. The fourth-order valence-corrected chi connectivity index (χ4v) is 4.54. The van der Waals surface area contributed by atoms with Crippen molar-refractivity contribution < 1.29 is 4.79 Å². The minimum Gasteiger partial charge on any atom is -0.337 e. The summed E-state index contributed by atoms with van der Waals surface area (Å²) in [4.78, 5) is 47.0. The Hall–Kier alpha value is -2.67. The molecule has 2 aromatic heterocycles. The van der Waals surface area contributed by atoms with Gasteiger partial charge in [-0.05, 0) is 12.8 Å². The van der Waals surface area contributed by atoms with Crippen LogP contribution in [0.3, 0.4) is 0 Å². The summed E-state index contributed by atoms with van der Waals surface area (Å²) in [7, 11) is 2.97. The van der Waals surface area contributed by atoms with Crippen molar-refractivity contribution in [3.8, 4) is 6.07 Å². The van der Waals surface area contributed by atoms with E-state index in [1.54, 1.807) is 7.05 Å².